The van der Waals surface area contributed by atoms with Gasteiger partial charge in [-0.25, -0.2) is 9.97 Å². The number of halogens is 2. The van der Waals surface area contributed by atoms with Crippen LogP contribution in [0.1, 0.15) is 22.3 Å². The Balaban J connectivity index is 1.14. The lowest BCUT2D eigenvalue weighted by Gasteiger charge is -2.34. The number of carbonyl (C=O) groups is 2. The van der Waals surface area contributed by atoms with Crippen molar-refractivity contribution in [1.29, 1.82) is 0 Å². The SMILES string of the molecule is O=C(/C=C/c1ccc2c(c1)OC(F)(F)O2)N1CCN(C(=O)c2cnc(N3CCC3)nc2)CC1. The summed E-state index contributed by atoms with van der Waals surface area (Å²) in [5, 5.41) is 0. The van der Waals surface area contributed by atoms with Crippen LogP contribution in [0, 0.1) is 0 Å². The zero-order valence-corrected chi connectivity index (χ0v) is 17.6. The second-order valence-electron chi connectivity index (χ2n) is 7.94. The van der Waals surface area contributed by atoms with Gasteiger partial charge in [-0.1, -0.05) is 6.07 Å². The van der Waals surface area contributed by atoms with Crippen LogP contribution in [0.4, 0.5) is 14.7 Å². The Morgan fingerprint density at radius 2 is 1.61 bits per heavy atom. The molecular formula is C22H21F2N5O4. The van der Waals surface area contributed by atoms with Crippen LogP contribution in [-0.2, 0) is 4.79 Å². The second-order valence-corrected chi connectivity index (χ2v) is 7.94. The molecule has 2 amide bonds. The van der Waals surface area contributed by atoms with Gasteiger partial charge in [0.2, 0.25) is 11.9 Å². The first kappa shape index (κ1) is 21.1. The molecule has 1 aromatic heterocycles. The molecule has 0 spiro atoms. The lowest BCUT2D eigenvalue weighted by Crippen LogP contribution is -2.50. The summed E-state index contributed by atoms with van der Waals surface area (Å²) in [6.07, 6.45) is 3.43. The largest absolute Gasteiger partial charge is 0.586 e. The molecule has 0 unspecified atom stereocenters. The van der Waals surface area contributed by atoms with Gasteiger partial charge in [0.1, 0.15) is 0 Å². The standard InChI is InChI=1S/C22H21F2N5O4/c23-22(24)32-17-4-2-15(12-18(17)33-22)3-5-19(30)27-8-10-28(11-9-27)20(31)16-13-25-21(26-14-16)29-6-1-7-29/h2-5,12-14H,1,6-11H2/b5-3+. The van der Waals surface area contributed by atoms with E-state index in [2.05, 4.69) is 19.4 Å². The third-order valence-corrected chi connectivity index (χ3v) is 5.75. The summed E-state index contributed by atoms with van der Waals surface area (Å²) in [6, 6.07) is 4.30. The van der Waals surface area contributed by atoms with Crippen molar-refractivity contribution in [3.05, 3.63) is 47.8 Å². The Labute approximate surface area is 188 Å². The molecule has 0 bridgehead atoms. The first-order valence-electron chi connectivity index (χ1n) is 10.6. The molecule has 3 aliphatic heterocycles. The van der Waals surface area contributed by atoms with E-state index in [4.69, 9.17) is 0 Å². The molecule has 11 heteroatoms. The predicted molar refractivity (Wildman–Crippen MR) is 113 cm³/mol. The molecule has 2 aromatic rings. The summed E-state index contributed by atoms with van der Waals surface area (Å²) >= 11 is 0. The van der Waals surface area contributed by atoms with Gasteiger partial charge in [0.05, 0.1) is 5.56 Å². The van der Waals surface area contributed by atoms with Crippen LogP contribution < -0.4 is 14.4 Å². The van der Waals surface area contributed by atoms with E-state index in [0.29, 0.717) is 43.3 Å². The summed E-state index contributed by atoms with van der Waals surface area (Å²) in [6.45, 7) is 3.42. The number of rotatable bonds is 4. The number of hydrogen-bond acceptors (Lipinski definition) is 7. The van der Waals surface area contributed by atoms with Crippen molar-refractivity contribution in [3.8, 4) is 11.5 Å². The number of hydrogen-bond donors (Lipinski definition) is 0. The highest BCUT2D eigenvalue weighted by molar-refractivity contribution is 5.94. The molecule has 9 nitrogen and oxygen atoms in total. The average Bonchev–Trinajstić information content (AvgIpc) is 3.09. The predicted octanol–water partition coefficient (Wildman–Crippen LogP) is 2.01. The van der Waals surface area contributed by atoms with Crippen LogP contribution >= 0.6 is 0 Å². The number of piperazine rings is 1. The summed E-state index contributed by atoms with van der Waals surface area (Å²) < 4.78 is 35.0. The van der Waals surface area contributed by atoms with Crippen LogP contribution in [0.3, 0.4) is 0 Å². The van der Waals surface area contributed by atoms with Gasteiger partial charge in [0, 0.05) is 57.7 Å². The number of anilines is 1. The number of amides is 2. The number of carbonyl (C=O) groups excluding carboxylic acids is 2. The Morgan fingerprint density at radius 3 is 2.27 bits per heavy atom. The lowest BCUT2D eigenvalue weighted by atomic mass is 10.2. The monoisotopic (exact) mass is 457 g/mol. The van der Waals surface area contributed by atoms with E-state index in [-0.39, 0.29) is 23.3 Å². The highest BCUT2D eigenvalue weighted by Crippen LogP contribution is 2.41. The number of fused-ring (bicyclic) bond motifs is 1. The van der Waals surface area contributed by atoms with E-state index in [1.54, 1.807) is 28.3 Å². The van der Waals surface area contributed by atoms with Crippen molar-refractivity contribution in [1.82, 2.24) is 19.8 Å². The molecule has 0 saturated carbocycles. The van der Waals surface area contributed by atoms with Gasteiger partial charge >= 0.3 is 6.29 Å². The number of ether oxygens (including phenoxy) is 2. The summed E-state index contributed by atoms with van der Waals surface area (Å²) in [7, 11) is 0. The normalized spacial score (nSPS) is 19.0. The first-order valence-corrected chi connectivity index (χ1v) is 10.6. The fourth-order valence-electron chi connectivity index (χ4n) is 3.77. The lowest BCUT2D eigenvalue weighted by molar-refractivity contribution is -0.286. The van der Waals surface area contributed by atoms with Gasteiger partial charge in [-0.15, -0.1) is 8.78 Å². The van der Waals surface area contributed by atoms with Crippen molar-refractivity contribution < 1.29 is 27.8 Å². The number of nitrogens with zero attached hydrogens (tertiary/aromatic N) is 5. The molecule has 0 atom stereocenters. The Kier molecular flexibility index (Phi) is 5.31. The van der Waals surface area contributed by atoms with E-state index in [1.165, 1.54) is 24.3 Å². The Hall–Kier alpha value is -3.76. The summed E-state index contributed by atoms with van der Waals surface area (Å²) in [5.74, 6) is 0.113. The molecule has 33 heavy (non-hydrogen) atoms. The molecule has 3 aliphatic rings. The molecule has 0 radical (unpaired) electrons. The van der Waals surface area contributed by atoms with Crippen LogP contribution in [0.5, 0.6) is 11.5 Å². The van der Waals surface area contributed by atoms with E-state index in [0.717, 1.165) is 19.5 Å². The molecule has 4 heterocycles. The van der Waals surface area contributed by atoms with E-state index >= 15 is 0 Å². The second kappa shape index (κ2) is 8.30. The zero-order chi connectivity index (χ0) is 23.0. The number of aromatic nitrogens is 2. The van der Waals surface area contributed by atoms with Crippen molar-refractivity contribution in [2.45, 2.75) is 12.7 Å². The van der Waals surface area contributed by atoms with E-state index in [9.17, 15) is 18.4 Å². The Morgan fingerprint density at radius 1 is 0.939 bits per heavy atom. The minimum Gasteiger partial charge on any atom is -0.395 e. The molecule has 1 aromatic carbocycles. The zero-order valence-electron chi connectivity index (χ0n) is 17.6. The van der Waals surface area contributed by atoms with Crippen LogP contribution in [0.2, 0.25) is 0 Å². The van der Waals surface area contributed by atoms with Crippen molar-refractivity contribution in [2.75, 3.05) is 44.2 Å². The minimum absolute atomic E-state index is 0.0511. The van der Waals surface area contributed by atoms with Crippen LogP contribution in [0.15, 0.2) is 36.7 Å². The van der Waals surface area contributed by atoms with Crippen molar-refractivity contribution in [2.24, 2.45) is 0 Å². The maximum atomic E-state index is 13.1. The van der Waals surface area contributed by atoms with E-state index in [1.807, 2.05) is 4.90 Å². The summed E-state index contributed by atoms with van der Waals surface area (Å²) in [5.41, 5.74) is 0.950. The molecule has 5 rings (SSSR count). The van der Waals surface area contributed by atoms with Gasteiger partial charge < -0.3 is 24.2 Å². The number of benzene rings is 1. The Bertz CT molecular complexity index is 1100. The molecule has 2 saturated heterocycles. The van der Waals surface area contributed by atoms with Gasteiger partial charge in [0.25, 0.3) is 5.91 Å². The van der Waals surface area contributed by atoms with Crippen molar-refractivity contribution >= 4 is 23.8 Å². The third-order valence-electron chi connectivity index (χ3n) is 5.75. The highest BCUT2D eigenvalue weighted by atomic mass is 19.3. The highest BCUT2D eigenvalue weighted by Gasteiger charge is 2.43. The van der Waals surface area contributed by atoms with Crippen LogP contribution in [0.25, 0.3) is 6.08 Å². The molecular weight excluding hydrogens is 436 g/mol. The minimum atomic E-state index is -3.68. The average molecular weight is 457 g/mol. The molecule has 2 fully saturated rings. The van der Waals surface area contributed by atoms with Gasteiger partial charge in [0.15, 0.2) is 11.5 Å². The smallest absolute Gasteiger partial charge is 0.395 e. The molecule has 0 N–H and O–H groups in total. The fraction of sp³-hybridized carbons (Fsp3) is 0.364. The topological polar surface area (TPSA) is 88.1 Å². The third kappa shape index (κ3) is 4.43. The maximum absolute atomic E-state index is 13.1. The van der Waals surface area contributed by atoms with Gasteiger partial charge in [-0.2, -0.15) is 0 Å². The summed E-state index contributed by atoms with van der Waals surface area (Å²) in [4.78, 5) is 39.2. The van der Waals surface area contributed by atoms with Crippen molar-refractivity contribution in [3.63, 3.8) is 0 Å². The van der Waals surface area contributed by atoms with E-state index < -0.39 is 6.29 Å². The molecule has 0 aliphatic carbocycles. The maximum Gasteiger partial charge on any atom is 0.586 e. The van der Waals surface area contributed by atoms with Gasteiger partial charge in [-0.3, -0.25) is 9.59 Å². The quantitative estimate of drug-likeness (QED) is 0.649. The fourth-order valence-corrected chi connectivity index (χ4v) is 3.77. The van der Waals surface area contributed by atoms with Crippen LogP contribution in [-0.4, -0.2) is 77.1 Å². The molecule has 172 valence electrons. The number of alkyl halides is 2. The van der Waals surface area contributed by atoms with Gasteiger partial charge in [-0.05, 0) is 30.2 Å². The first-order chi connectivity index (χ1) is 15.9.